The second kappa shape index (κ2) is 10.4. The highest BCUT2D eigenvalue weighted by Crippen LogP contribution is 1.98. The quantitative estimate of drug-likeness (QED) is 0.586. The van der Waals surface area contributed by atoms with E-state index in [1.165, 1.54) is 0 Å². The molecule has 4 nitrogen and oxygen atoms in total. The topological polar surface area (TPSA) is 47.7 Å². The van der Waals surface area contributed by atoms with Crippen molar-refractivity contribution in [2.45, 2.75) is 25.8 Å². The van der Waals surface area contributed by atoms with Crippen molar-refractivity contribution in [2.75, 3.05) is 47.1 Å². The molecule has 0 rings (SSSR count). The second-order valence-corrected chi connectivity index (χ2v) is 3.95. The van der Waals surface area contributed by atoms with E-state index in [0.717, 1.165) is 45.7 Å². The molecule has 0 aliphatic carbocycles. The van der Waals surface area contributed by atoms with Crippen LogP contribution in [0.25, 0.3) is 0 Å². The third-order valence-electron chi connectivity index (χ3n) is 2.36. The molecule has 0 aromatic heterocycles. The number of hydrogen-bond acceptors (Lipinski definition) is 4. The summed E-state index contributed by atoms with van der Waals surface area (Å²) >= 11 is 0. The molecule has 0 fully saturated rings. The Labute approximate surface area is 93.7 Å². The fourth-order valence-electron chi connectivity index (χ4n) is 1.41. The fraction of sp³-hybridized carbons (Fsp3) is 1.00. The zero-order valence-electron chi connectivity index (χ0n) is 10.4. The van der Waals surface area contributed by atoms with Gasteiger partial charge in [-0.25, -0.2) is 0 Å². The minimum Gasteiger partial charge on any atom is -0.383 e. The van der Waals surface area contributed by atoms with Crippen LogP contribution in [-0.4, -0.2) is 58.0 Å². The van der Waals surface area contributed by atoms with E-state index in [-0.39, 0.29) is 0 Å². The van der Waals surface area contributed by atoms with Crippen molar-refractivity contribution >= 4 is 0 Å². The smallest absolute Gasteiger partial charge is 0.0589 e. The summed E-state index contributed by atoms with van der Waals surface area (Å²) in [5.74, 6) is 0. The largest absolute Gasteiger partial charge is 0.383 e. The van der Waals surface area contributed by atoms with Gasteiger partial charge >= 0.3 is 0 Å². The first-order chi connectivity index (χ1) is 7.20. The van der Waals surface area contributed by atoms with Gasteiger partial charge in [0.2, 0.25) is 0 Å². The molecule has 0 spiro atoms. The molecule has 1 atom stereocenters. The average molecular weight is 218 g/mol. The van der Waals surface area contributed by atoms with E-state index in [4.69, 9.17) is 15.2 Å². The Bertz CT molecular complexity index is 124. The maximum Gasteiger partial charge on any atom is 0.0589 e. The highest BCUT2D eigenvalue weighted by molar-refractivity contribution is 4.60. The van der Waals surface area contributed by atoms with Crippen molar-refractivity contribution in [1.29, 1.82) is 0 Å². The molecule has 4 heteroatoms. The standard InChI is InChI=1S/C11H26N2O2/c1-11(12)5-4-6-13(7-9-14-2)8-10-15-3/h11H,4-10,12H2,1-3H3. The normalized spacial score (nSPS) is 13.4. The molecule has 0 saturated carbocycles. The van der Waals surface area contributed by atoms with Crippen molar-refractivity contribution in [3.63, 3.8) is 0 Å². The van der Waals surface area contributed by atoms with E-state index in [1.54, 1.807) is 14.2 Å². The van der Waals surface area contributed by atoms with Gasteiger partial charge in [0.15, 0.2) is 0 Å². The molecule has 0 aromatic carbocycles. The maximum absolute atomic E-state index is 5.71. The third-order valence-corrected chi connectivity index (χ3v) is 2.36. The van der Waals surface area contributed by atoms with Crippen molar-refractivity contribution in [3.8, 4) is 0 Å². The molecule has 0 radical (unpaired) electrons. The van der Waals surface area contributed by atoms with Crippen molar-refractivity contribution in [3.05, 3.63) is 0 Å². The molecule has 2 N–H and O–H groups in total. The van der Waals surface area contributed by atoms with Crippen molar-refractivity contribution < 1.29 is 9.47 Å². The van der Waals surface area contributed by atoms with Gasteiger partial charge in [0, 0.05) is 33.4 Å². The first-order valence-electron chi connectivity index (χ1n) is 5.66. The van der Waals surface area contributed by atoms with E-state index in [0.29, 0.717) is 6.04 Å². The van der Waals surface area contributed by atoms with E-state index >= 15 is 0 Å². The van der Waals surface area contributed by atoms with Crippen LogP contribution < -0.4 is 5.73 Å². The number of nitrogens with two attached hydrogens (primary N) is 1. The molecule has 0 bridgehead atoms. The molecule has 15 heavy (non-hydrogen) atoms. The fourth-order valence-corrected chi connectivity index (χ4v) is 1.41. The van der Waals surface area contributed by atoms with Crippen LogP contribution in [0.4, 0.5) is 0 Å². The Kier molecular flexibility index (Phi) is 10.3. The van der Waals surface area contributed by atoms with Gasteiger partial charge in [0.1, 0.15) is 0 Å². The van der Waals surface area contributed by atoms with E-state index < -0.39 is 0 Å². The lowest BCUT2D eigenvalue weighted by Gasteiger charge is -2.21. The highest BCUT2D eigenvalue weighted by atomic mass is 16.5. The van der Waals surface area contributed by atoms with Gasteiger partial charge in [0.25, 0.3) is 0 Å². The van der Waals surface area contributed by atoms with Crippen LogP contribution in [0.3, 0.4) is 0 Å². The summed E-state index contributed by atoms with van der Waals surface area (Å²) in [6.07, 6.45) is 2.22. The molecule has 1 unspecified atom stereocenters. The summed E-state index contributed by atoms with van der Waals surface area (Å²) in [7, 11) is 3.47. The van der Waals surface area contributed by atoms with Gasteiger partial charge in [-0.2, -0.15) is 0 Å². The van der Waals surface area contributed by atoms with Gasteiger partial charge in [-0.3, -0.25) is 4.90 Å². The first kappa shape index (κ1) is 14.8. The molecule has 92 valence electrons. The van der Waals surface area contributed by atoms with Crippen LogP contribution in [0.15, 0.2) is 0 Å². The summed E-state index contributed by atoms with van der Waals surface area (Å²) in [4.78, 5) is 2.36. The molecule has 0 heterocycles. The van der Waals surface area contributed by atoms with Gasteiger partial charge < -0.3 is 15.2 Å². The number of methoxy groups -OCH3 is 2. The molecule has 0 aliphatic heterocycles. The Morgan fingerprint density at radius 3 is 2.00 bits per heavy atom. The summed E-state index contributed by atoms with van der Waals surface area (Å²) < 4.78 is 10.1. The molecule has 0 amide bonds. The van der Waals surface area contributed by atoms with E-state index in [9.17, 15) is 0 Å². The number of hydrogen-bond donors (Lipinski definition) is 1. The van der Waals surface area contributed by atoms with Crippen LogP contribution >= 0.6 is 0 Å². The predicted molar refractivity (Wildman–Crippen MR) is 63.1 cm³/mol. The number of nitrogens with zero attached hydrogens (tertiary/aromatic N) is 1. The summed E-state index contributed by atoms with van der Waals surface area (Å²) in [6.45, 7) is 6.63. The van der Waals surface area contributed by atoms with Gasteiger partial charge in [-0.05, 0) is 26.3 Å². The molecule has 0 aromatic rings. The Morgan fingerprint density at radius 2 is 1.60 bits per heavy atom. The SMILES string of the molecule is COCCN(CCCC(C)N)CCOC. The Balaban J connectivity index is 3.58. The van der Waals surface area contributed by atoms with Crippen molar-refractivity contribution in [2.24, 2.45) is 5.73 Å². The second-order valence-electron chi connectivity index (χ2n) is 3.95. The zero-order chi connectivity index (χ0) is 11.5. The Morgan fingerprint density at radius 1 is 1.07 bits per heavy atom. The molecule has 0 saturated heterocycles. The van der Waals surface area contributed by atoms with Gasteiger partial charge in [-0.15, -0.1) is 0 Å². The van der Waals surface area contributed by atoms with Crippen LogP contribution in [0, 0.1) is 0 Å². The minimum atomic E-state index is 0.303. The molecular weight excluding hydrogens is 192 g/mol. The lowest BCUT2D eigenvalue weighted by molar-refractivity contribution is 0.113. The average Bonchev–Trinajstić information content (AvgIpc) is 2.20. The zero-order valence-corrected chi connectivity index (χ0v) is 10.4. The lowest BCUT2D eigenvalue weighted by Crippen LogP contribution is -2.32. The monoisotopic (exact) mass is 218 g/mol. The van der Waals surface area contributed by atoms with Crippen LogP contribution in [0.1, 0.15) is 19.8 Å². The van der Waals surface area contributed by atoms with Crippen LogP contribution in [0.5, 0.6) is 0 Å². The Hall–Kier alpha value is -0.160. The summed E-state index contributed by atoms with van der Waals surface area (Å²) in [5, 5.41) is 0. The molecule has 0 aliphatic rings. The van der Waals surface area contributed by atoms with Crippen LogP contribution in [0.2, 0.25) is 0 Å². The number of rotatable bonds is 10. The van der Waals surface area contributed by atoms with E-state index in [1.807, 2.05) is 0 Å². The summed E-state index contributed by atoms with van der Waals surface area (Å²) in [6, 6.07) is 0.303. The third kappa shape index (κ3) is 10.1. The highest BCUT2D eigenvalue weighted by Gasteiger charge is 2.04. The lowest BCUT2D eigenvalue weighted by atomic mass is 10.2. The predicted octanol–water partition coefficient (Wildman–Crippen LogP) is 0.709. The summed E-state index contributed by atoms with van der Waals surface area (Å²) in [5.41, 5.74) is 5.71. The first-order valence-corrected chi connectivity index (χ1v) is 5.66. The van der Waals surface area contributed by atoms with Gasteiger partial charge in [-0.1, -0.05) is 0 Å². The molecular formula is C11H26N2O2. The maximum atomic E-state index is 5.71. The van der Waals surface area contributed by atoms with Crippen molar-refractivity contribution in [1.82, 2.24) is 4.90 Å². The van der Waals surface area contributed by atoms with Crippen LogP contribution in [-0.2, 0) is 9.47 Å². The number of ether oxygens (including phenoxy) is 2. The van der Waals surface area contributed by atoms with E-state index in [2.05, 4.69) is 11.8 Å². The van der Waals surface area contributed by atoms with Gasteiger partial charge in [0.05, 0.1) is 13.2 Å². The minimum absolute atomic E-state index is 0.303.